The number of rotatable bonds is 7. The van der Waals surface area contributed by atoms with Gasteiger partial charge in [-0.2, -0.15) is 0 Å². The summed E-state index contributed by atoms with van der Waals surface area (Å²) in [5.41, 5.74) is 3.93. The van der Waals surface area contributed by atoms with E-state index in [4.69, 9.17) is 4.74 Å². The standard InChI is InChI=1S/C27H31N3O/c1-31-27-15-7-6-14-26(27)29-20-18-28(19-21-29)16-8-9-17-30-24-12-4-2-10-22(24)23-11-3-5-13-25(23)30/h2-7,10-15H,8-9,16-21H2,1H3. The monoisotopic (exact) mass is 413 g/mol. The summed E-state index contributed by atoms with van der Waals surface area (Å²) in [4.78, 5) is 5.06. The number of piperazine rings is 1. The summed E-state index contributed by atoms with van der Waals surface area (Å²) < 4.78 is 8.05. The van der Waals surface area contributed by atoms with E-state index >= 15 is 0 Å². The molecular formula is C27H31N3O. The molecule has 0 N–H and O–H groups in total. The van der Waals surface area contributed by atoms with E-state index in [1.165, 1.54) is 46.9 Å². The third kappa shape index (κ3) is 4.00. The Labute approximate surface area is 184 Å². The van der Waals surface area contributed by atoms with Gasteiger partial charge >= 0.3 is 0 Å². The second-order valence-electron chi connectivity index (χ2n) is 8.39. The topological polar surface area (TPSA) is 20.6 Å². The van der Waals surface area contributed by atoms with E-state index < -0.39 is 0 Å². The van der Waals surface area contributed by atoms with Crippen molar-refractivity contribution >= 4 is 27.5 Å². The second kappa shape index (κ2) is 9.03. The lowest BCUT2D eigenvalue weighted by Crippen LogP contribution is -2.46. The van der Waals surface area contributed by atoms with Crippen LogP contribution in [0.5, 0.6) is 5.75 Å². The van der Waals surface area contributed by atoms with E-state index in [0.717, 1.165) is 38.5 Å². The molecule has 0 bridgehead atoms. The van der Waals surface area contributed by atoms with Gasteiger partial charge in [0.25, 0.3) is 0 Å². The molecule has 1 saturated heterocycles. The number of hydrogen-bond donors (Lipinski definition) is 0. The molecule has 0 amide bonds. The Bertz CT molecular complexity index is 1100. The van der Waals surface area contributed by atoms with Crippen LogP contribution in [0.4, 0.5) is 5.69 Å². The number of fused-ring (bicyclic) bond motifs is 3. The van der Waals surface area contributed by atoms with Crippen LogP contribution in [0.2, 0.25) is 0 Å². The van der Waals surface area contributed by atoms with Crippen LogP contribution in [0.3, 0.4) is 0 Å². The Balaban J connectivity index is 1.16. The van der Waals surface area contributed by atoms with Gasteiger partial charge in [-0.1, -0.05) is 48.5 Å². The molecule has 3 aromatic carbocycles. The quantitative estimate of drug-likeness (QED) is 0.378. The maximum absolute atomic E-state index is 5.54. The first-order chi connectivity index (χ1) is 15.3. The third-order valence-electron chi connectivity index (χ3n) is 6.58. The van der Waals surface area contributed by atoms with Crippen LogP contribution in [-0.2, 0) is 6.54 Å². The number of nitrogens with zero attached hydrogens (tertiary/aromatic N) is 3. The predicted octanol–water partition coefficient (Wildman–Crippen LogP) is 5.41. The van der Waals surface area contributed by atoms with Crippen LogP contribution in [-0.4, -0.2) is 49.3 Å². The van der Waals surface area contributed by atoms with Crippen molar-refractivity contribution in [1.82, 2.24) is 9.47 Å². The van der Waals surface area contributed by atoms with Crippen LogP contribution in [0, 0.1) is 0 Å². The van der Waals surface area contributed by atoms with E-state index in [1.807, 2.05) is 6.07 Å². The molecule has 4 aromatic rings. The molecule has 0 atom stereocenters. The Kier molecular flexibility index (Phi) is 5.81. The molecule has 0 radical (unpaired) electrons. The summed E-state index contributed by atoms with van der Waals surface area (Å²) in [6, 6.07) is 25.9. The average molecular weight is 414 g/mol. The third-order valence-corrected chi connectivity index (χ3v) is 6.58. The van der Waals surface area contributed by atoms with Crippen LogP contribution >= 0.6 is 0 Å². The van der Waals surface area contributed by atoms with E-state index in [1.54, 1.807) is 7.11 Å². The molecule has 4 heteroatoms. The Morgan fingerprint density at radius 1 is 0.677 bits per heavy atom. The van der Waals surface area contributed by atoms with Crippen LogP contribution < -0.4 is 9.64 Å². The molecule has 2 heterocycles. The zero-order valence-corrected chi connectivity index (χ0v) is 18.3. The number of unbranched alkanes of at least 4 members (excludes halogenated alkanes) is 1. The highest BCUT2D eigenvalue weighted by Gasteiger charge is 2.19. The van der Waals surface area contributed by atoms with E-state index in [-0.39, 0.29) is 0 Å². The van der Waals surface area contributed by atoms with Crippen molar-refractivity contribution in [3.63, 3.8) is 0 Å². The molecule has 0 unspecified atom stereocenters. The number of aromatic nitrogens is 1. The van der Waals surface area contributed by atoms with Gasteiger partial charge in [-0.3, -0.25) is 4.90 Å². The van der Waals surface area contributed by atoms with Gasteiger partial charge in [-0.25, -0.2) is 0 Å². The summed E-state index contributed by atoms with van der Waals surface area (Å²) in [6.07, 6.45) is 2.44. The van der Waals surface area contributed by atoms with Crippen LogP contribution in [0.1, 0.15) is 12.8 Å². The van der Waals surface area contributed by atoms with Crippen molar-refractivity contribution < 1.29 is 4.74 Å². The number of aryl methyl sites for hydroxylation is 1. The minimum Gasteiger partial charge on any atom is -0.495 e. The lowest BCUT2D eigenvalue weighted by Gasteiger charge is -2.36. The molecule has 5 rings (SSSR count). The fraction of sp³-hybridized carbons (Fsp3) is 0.333. The molecule has 0 spiro atoms. The van der Waals surface area contributed by atoms with Crippen molar-refractivity contribution in [3.05, 3.63) is 72.8 Å². The number of ether oxygens (including phenoxy) is 1. The normalized spacial score (nSPS) is 15.1. The molecular weight excluding hydrogens is 382 g/mol. The lowest BCUT2D eigenvalue weighted by atomic mass is 10.2. The highest BCUT2D eigenvalue weighted by molar-refractivity contribution is 6.07. The minimum absolute atomic E-state index is 0.974. The summed E-state index contributed by atoms with van der Waals surface area (Å²) in [7, 11) is 1.76. The van der Waals surface area contributed by atoms with Crippen molar-refractivity contribution in [2.24, 2.45) is 0 Å². The highest BCUT2D eigenvalue weighted by Crippen LogP contribution is 2.30. The van der Waals surface area contributed by atoms with Gasteiger partial charge in [0.15, 0.2) is 0 Å². The van der Waals surface area contributed by atoms with Crippen LogP contribution in [0.15, 0.2) is 72.8 Å². The summed E-state index contributed by atoms with van der Waals surface area (Å²) in [5, 5.41) is 2.73. The number of benzene rings is 3. The van der Waals surface area contributed by atoms with Gasteiger partial charge in [0.05, 0.1) is 12.8 Å². The maximum Gasteiger partial charge on any atom is 0.142 e. The fourth-order valence-corrected chi connectivity index (χ4v) is 4.95. The van der Waals surface area contributed by atoms with Crippen molar-refractivity contribution in [2.75, 3.05) is 44.7 Å². The van der Waals surface area contributed by atoms with Crippen molar-refractivity contribution in [1.29, 1.82) is 0 Å². The van der Waals surface area contributed by atoms with Crippen molar-refractivity contribution in [2.45, 2.75) is 19.4 Å². The van der Waals surface area contributed by atoms with Gasteiger partial charge < -0.3 is 14.2 Å². The Morgan fingerprint density at radius 3 is 1.94 bits per heavy atom. The summed E-state index contributed by atoms with van der Waals surface area (Å²) in [6.45, 7) is 6.62. The molecule has 31 heavy (non-hydrogen) atoms. The summed E-state index contributed by atoms with van der Waals surface area (Å²) >= 11 is 0. The first-order valence-corrected chi connectivity index (χ1v) is 11.4. The molecule has 160 valence electrons. The largest absolute Gasteiger partial charge is 0.495 e. The van der Waals surface area contributed by atoms with E-state index in [0.29, 0.717) is 0 Å². The van der Waals surface area contributed by atoms with Gasteiger partial charge in [-0.05, 0) is 43.7 Å². The van der Waals surface area contributed by atoms with Gasteiger partial charge in [0, 0.05) is 54.5 Å². The molecule has 1 fully saturated rings. The molecule has 1 aliphatic heterocycles. The predicted molar refractivity (Wildman–Crippen MR) is 130 cm³/mol. The smallest absolute Gasteiger partial charge is 0.142 e. The SMILES string of the molecule is COc1ccccc1N1CCN(CCCCn2c3ccccc3c3ccccc32)CC1. The fourth-order valence-electron chi connectivity index (χ4n) is 4.95. The lowest BCUT2D eigenvalue weighted by molar-refractivity contribution is 0.251. The molecule has 4 nitrogen and oxygen atoms in total. The molecule has 0 saturated carbocycles. The first kappa shape index (κ1) is 20.0. The maximum atomic E-state index is 5.54. The molecule has 1 aliphatic rings. The average Bonchev–Trinajstić information content (AvgIpc) is 3.16. The van der Waals surface area contributed by atoms with Gasteiger partial charge in [0.1, 0.15) is 5.75 Å². The highest BCUT2D eigenvalue weighted by atomic mass is 16.5. The second-order valence-corrected chi connectivity index (χ2v) is 8.39. The van der Waals surface area contributed by atoms with Crippen molar-refractivity contribution in [3.8, 4) is 5.75 Å². The van der Waals surface area contributed by atoms with Gasteiger partial charge in [-0.15, -0.1) is 0 Å². The number of hydrogen-bond acceptors (Lipinski definition) is 3. The van der Waals surface area contributed by atoms with Gasteiger partial charge in [0.2, 0.25) is 0 Å². The minimum atomic E-state index is 0.974. The van der Waals surface area contributed by atoms with E-state index in [9.17, 15) is 0 Å². The number of anilines is 1. The summed E-state index contributed by atoms with van der Waals surface area (Å²) in [5.74, 6) is 0.974. The molecule has 0 aliphatic carbocycles. The zero-order valence-electron chi connectivity index (χ0n) is 18.3. The number of para-hydroxylation sites is 4. The van der Waals surface area contributed by atoms with E-state index in [2.05, 4.69) is 81.1 Å². The first-order valence-electron chi connectivity index (χ1n) is 11.4. The number of methoxy groups -OCH3 is 1. The Hall–Kier alpha value is -2.98. The Morgan fingerprint density at radius 2 is 1.26 bits per heavy atom. The van der Waals surface area contributed by atoms with Crippen LogP contribution in [0.25, 0.3) is 21.8 Å². The zero-order chi connectivity index (χ0) is 21.0. The molecule has 1 aromatic heterocycles.